The van der Waals surface area contributed by atoms with Gasteiger partial charge in [0.25, 0.3) is 5.91 Å². The molecule has 0 aliphatic heterocycles. The molecule has 5 nitrogen and oxygen atoms in total. The molecule has 1 amide bonds. The Morgan fingerprint density at radius 3 is 2.54 bits per heavy atom. The number of carbonyl (C=O) groups excluding carboxylic acids is 1. The summed E-state index contributed by atoms with van der Waals surface area (Å²) in [7, 11) is 0. The van der Waals surface area contributed by atoms with Crippen LogP contribution in [0.1, 0.15) is 30.0 Å². The lowest BCUT2D eigenvalue weighted by Gasteiger charge is -2.13. The van der Waals surface area contributed by atoms with Crippen LogP contribution in [0.4, 0.5) is 0 Å². The number of nitrogens with zero attached hydrogens (tertiary/aromatic N) is 1. The first-order valence-electron chi connectivity index (χ1n) is 7.37. The summed E-state index contributed by atoms with van der Waals surface area (Å²) in [5.74, 6) is 0.157. The largest absolute Gasteiger partial charge is 0.360 e. The quantitative estimate of drug-likeness (QED) is 0.776. The van der Waals surface area contributed by atoms with Gasteiger partial charge >= 0.3 is 0 Å². The number of aromatic nitrogens is 1. The Morgan fingerprint density at radius 1 is 1.33 bits per heavy atom. The van der Waals surface area contributed by atoms with E-state index in [9.17, 15) is 4.79 Å². The highest BCUT2D eigenvalue weighted by Crippen LogP contribution is 2.36. The van der Waals surface area contributed by atoms with Gasteiger partial charge in [-0.05, 0) is 32.5 Å². The number of likely N-dealkylation sites (N-methyl/N-ethyl adjacent to an activating group) is 1. The molecule has 0 fully saturated rings. The summed E-state index contributed by atoms with van der Waals surface area (Å²) < 4.78 is 5.19. The third kappa shape index (κ3) is 4.63. The van der Waals surface area contributed by atoms with E-state index >= 15 is 0 Å². The molecule has 0 aliphatic rings. The molecule has 0 radical (unpaired) electrons. The molecule has 2 rings (SSSR count). The summed E-state index contributed by atoms with van der Waals surface area (Å²) in [6.07, 6.45) is 0. The smallest absolute Gasteiger partial charge is 0.257 e. The van der Waals surface area contributed by atoms with Crippen LogP contribution >= 0.6 is 35.6 Å². The van der Waals surface area contributed by atoms with Crippen LogP contribution in [0.15, 0.2) is 22.7 Å². The van der Waals surface area contributed by atoms with Crippen LogP contribution < -0.4 is 10.6 Å². The molecule has 2 aromatic rings. The van der Waals surface area contributed by atoms with Crippen molar-refractivity contribution in [3.05, 3.63) is 39.6 Å². The van der Waals surface area contributed by atoms with E-state index in [0.717, 1.165) is 6.54 Å². The number of hydrogen-bond acceptors (Lipinski definition) is 4. The summed E-state index contributed by atoms with van der Waals surface area (Å²) in [4.78, 5) is 12.5. The van der Waals surface area contributed by atoms with Gasteiger partial charge in [0, 0.05) is 18.2 Å². The maximum atomic E-state index is 12.5. The average Bonchev–Trinajstić information content (AvgIpc) is 2.87. The molecule has 1 aromatic carbocycles. The number of aryl methyl sites for hydroxylation is 1. The van der Waals surface area contributed by atoms with Gasteiger partial charge in [-0.2, -0.15) is 0 Å². The zero-order chi connectivity index (χ0) is 17.0. The highest BCUT2D eigenvalue weighted by Gasteiger charge is 2.24. The molecule has 8 heteroatoms. The predicted molar refractivity (Wildman–Crippen MR) is 99.4 cm³/mol. The van der Waals surface area contributed by atoms with Crippen molar-refractivity contribution in [3.63, 3.8) is 0 Å². The predicted octanol–water partition coefficient (Wildman–Crippen LogP) is 4.11. The van der Waals surface area contributed by atoms with Crippen LogP contribution in [-0.4, -0.2) is 30.2 Å². The van der Waals surface area contributed by atoms with Crippen molar-refractivity contribution in [1.29, 1.82) is 0 Å². The fraction of sp³-hybridized carbons (Fsp3) is 0.375. The fourth-order valence-electron chi connectivity index (χ4n) is 2.29. The van der Waals surface area contributed by atoms with E-state index in [1.807, 2.05) is 13.8 Å². The van der Waals surface area contributed by atoms with E-state index in [2.05, 4.69) is 15.8 Å². The summed E-state index contributed by atoms with van der Waals surface area (Å²) in [5, 5.41) is 10.9. The number of nitrogens with one attached hydrogen (secondary N) is 2. The number of benzene rings is 1. The highest BCUT2D eigenvalue weighted by molar-refractivity contribution is 6.39. The lowest BCUT2D eigenvalue weighted by atomic mass is 10.1. The average molecular weight is 393 g/mol. The van der Waals surface area contributed by atoms with Crippen LogP contribution in [0.3, 0.4) is 0 Å². The molecule has 0 bridgehead atoms. The van der Waals surface area contributed by atoms with E-state index < -0.39 is 0 Å². The van der Waals surface area contributed by atoms with Gasteiger partial charge in [-0.15, -0.1) is 12.4 Å². The minimum Gasteiger partial charge on any atom is -0.360 e. The molecule has 1 aromatic heterocycles. The number of carbonyl (C=O) groups is 1. The van der Waals surface area contributed by atoms with Gasteiger partial charge in [-0.3, -0.25) is 4.79 Å². The lowest BCUT2D eigenvalue weighted by molar-refractivity contribution is 0.0949. The van der Waals surface area contributed by atoms with Gasteiger partial charge in [-0.1, -0.05) is 41.3 Å². The molecule has 24 heavy (non-hydrogen) atoms. The molecule has 132 valence electrons. The van der Waals surface area contributed by atoms with Crippen LogP contribution in [-0.2, 0) is 0 Å². The normalized spacial score (nSPS) is 11.7. The highest BCUT2D eigenvalue weighted by atomic mass is 35.5. The van der Waals surface area contributed by atoms with Crippen molar-refractivity contribution >= 4 is 41.5 Å². The minimum absolute atomic E-state index is 0. The summed E-state index contributed by atoms with van der Waals surface area (Å²) >= 11 is 12.4. The van der Waals surface area contributed by atoms with Crippen molar-refractivity contribution < 1.29 is 9.32 Å². The van der Waals surface area contributed by atoms with Crippen LogP contribution in [0.25, 0.3) is 11.3 Å². The zero-order valence-corrected chi connectivity index (χ0v) is 16.0. The molecule has 0 aliphatic carbocycles. The van der Waals surface area contributed by atoms with Crippen molar-refractivity contribution in [2.75, 3.05) is 13.1 Å². The Kier molecular flexibility index (Phi) is 8.03. The molecule has 0 spiro atoms. The van der Waals surface area contributed by atoms with E-state index in [-0.39, 0.29) is 24.4 Å². The van der Waals surface area contributed by atoms with Gasteiger partial charge in [-0.25, -0.2) is 0 Å². The van der Waals surface area contributed by atoms with Crippen molar-refractivity contribution in [1.82, 2.24) is 15.8 Å². The Balaban J connectivity index is 0.00000288. The Labute approximate surface area is 157 Å². The molecule has 0 unspecified atom stereocenters. The van der Waals surface area contributed by atoms with Gasteiger partial charge in [0.1, 0.15) is 17.0 Å². The van der Waals surface area contributed by atoms with Gasteiger partial charge in [0.05, 0.1) is 10.0 Å². The monoisotopic (exact) mass is 391 g/mol. The van der Waals surface area contributed by atoms with Crippen molar-refractivity contribution in [2.45, 2.75) is 26.8 Å². The molecular formula is C16H20Cl3N3O2. The van der Waals surface area contributed by atoms with E-state index in [4.69, 9.17) is 27.7 Å². The Hall–Kier alpha value is -1.27. The molecule has 2 N–H and O–H groups in total. The van der Waals surface area contributed by atoms with Crippen LogP contribution in [0, 0.1) is 6.92 Å². The van der Waals surface area contributed by atoms with Crippen LogP contribution in [0.2, 0.25) is 10.0 Å². The number of halogens is 3. The zero-order valence-electron chi connectivity index (χ0n) is 13.7. The standard InChI is InChI=1S/C16H19Cl2N3O2.ClH/c1-4-19-9(2)8-20-16(22)13-10(3)23-21-15(13)14-11(17)6-5-7-12(14)18;/h5-7,9,19H,4,8H2,1-3H3,(H,20,22);1H/t9-;/m1./s1. The maximum Gasteiger partial charge on any atom is 0.257 e. The second-order valence-electron chi connectivity index (χ2n) is 5.23. The Morgan fingerprint density at radius 2 is 1.96 bits per heavy atom. The third-order valence-corrected chi connectivity index (χ3v) is 4.04. The molecule has 1 atom stereocenters. The fourth-order valence-corrected chi connectivity index (χ4v) is 2.87. The lowest BCUT2D eigenvalue weighted by Crippen LogP contribution is -2.39. The second-order valence-corrected chi connectivity index (χ2v) is 6.04. The van der Waals surface area contributed by atoms with E-state index in [1.54, 1.807) is 25.1 Å². The first kappa shape index (κ1) is 20.8. The summed E-state index contributed by atoms with van der Waals surface area (Å²) in [5.41, 5.74) is 1.20. The molecule has 1 heterocycles. The molecule has 0 saturated carbocycles. The van der Waals surface area contributed by atoms with Crippen LogP contribution in [0.5, 0.6) is 0 Å². The van der Waals surface area contributed by atoms with E-state index in [1.165, 1.54) is 0 Å². The van der Waals surface area contributed by atoms with E-state index in [0.29, 0.717) is 39.2 Å². The Bertz CT molecular complexity index is 684. The number of amides is 1. The topological polar surface area (TPSA) is 67.2 Å². The molecule has 0 saturated heterocycles. The number of hydrogen-bond donors (Lipinski definition) is 2. The number of rotatable bonds is 6. The van der Waals surface area contributed by atoms with Gasteiger partial charge < -0.3 is 15.2 Å². The first-order valence-corrected chi connectivity index (χ1v) is 8.13. The van der Waals surface area contributed by atoms with Gasteiger partial charge in [0.15, 0.2) is 0 Å². The minimum atomic E-state index is -0.264. The summed E-state index contributed by atoms with van der Waals surface area (Å²) in [6, 6.07) is 5.29. The van der Waals surface area contributed by atoms with Crippen molar-refractivity contribution in [2.24, 2.45) is 0 Å². The first-order chi connectivity index (χ1) is 11.0. The second kappa shape index (κ2) is 9.28. The van der Waals surface area contributed by atoms with Gasteiger partial charge in [0.2, 0.25) is 0 Å². The SMILES string of the molecule is CCN[C@H](C)CNC(=O)c1c(-c2c(Cl)cccc2Cl)noc1C.Cl. The maximum absolute atomic E-state index is 12.5. The van der Waals surface area contributed by atoms with Crippen molar-refractivity contribution in [3.8, 4) is 11.3 Å². The summed E-state index contributed by atoms with van der Waals surface area (Å²) in [6.45, 7) is 7.02. The third-order valence-electron chi connectivity index (χ3n) is 3.41. The molecular weight excluding hydrogens is 373 g/mol.